The molecule has 0 atom stereocenters. The standard InChI is InChI=1S/C20H24F3N3O5/c1-25(13-31-16(29)20(21,22)23)19(14-5-3-2-4-6-14)9-7-18(8-10-19)12-26(11-15(27)28)17(30)24-18/h2-6H,7-13H2,1H3,(H,24,30)(H,27,28)/t18-,19+. The van der Waals surface area contributed by atoms with Crippen LogP contribution in [0, 0.1) is 0 Å². The number of carboxylic acids is 1. The lowest BCUT2D eigenvalue weighted by Crippen LogP contribution is -2.55. The molecule has 170 valence electrons. The van der Waals surface area contributed by atoms with Crippen LogP contribution in [0.4, 0.5) is 18.0 Å². The molecule has 11 heteroatoms. The Morgan fingerprint density at radius 2 is 1.81 bits per heavy atom. The topological polar surface area (TPSA) is 99.2 Å². The molecule has 1 aromatic carbocycles. The number of carboxylic acid groups (broad SMARTS) is 1. The number of ether oxygens (including phenoxy) is 1. The van der Waals surface area contributed by atoms with E-state index < -0.39 is 48.5 Å². The van der Waals surface area contributed by atoms with Crippen molar-refractivity contribution in [2.45, 2.75) is 42.9 Å². The van der Waals surface area contributed by atoms with Crippen LogP contribution in [0.25, 0.3) is 0 Å². The lowest BCUT2D eigenvalue weighted by molar-refractivity contribution is -0.206. The number of hydrogen-bond acceptors (Lipinski definition) is 5. The highest BCUT2D eigenvalue weighted by atomic mass is 19.4. The Hall–Kier alpha value is -2.82. The van der Waals surface area contributed by atoms with E-state index in [0.29, 0.717) is 25.7 Å². The molecule has 2 N–H and O–H groups in total. The van der Waals surface area contributed by atoms with E-state index in [4.69, 9.17) is 5.11 Å². The molecule has 1 spiro atoms. The first-order valence-corrected chi connectivity index (χ1v) is 9.77. The maximum atomic E-state index is 12.5. The van der Waals surface area contributed by atoms with E-state index in [1.165, 1.54) is 4.90 Å². The Morgan fingerprint density at radius 1 is 1.19 bits per heavy atom. The highest BCUT2D eigenvalue weighted by Gasteiger charge is 2.51. The van der Waals surface area contributed by atoms with Crippen LogP contribution in [0.5, 0.6) is 0 Å². The van der Waals surface area contributed by atoms with E-state index in [0.717, 1.165) is 5.56 Å². The fourth-order valence-electron chi connectivity index (χ4n) is 4.50. The van der Waals surface area contributed by atoms with E-state index in [1.54, 1.807) is 11.9 Å². The summed E-state index contributed by atoms with van der Waals surface area (Å²) in [6, 6.07) is 8.76. The van der Waals surface area contributed by atoms with Gasteiger partial charge in [-0.25, -0.2) is 9.59 Å². The van der Waals surface area contributed by atoms with E-state index in [2.05, 4.69) is 10.1 Å². The van der Waals surface area contributed by atoms with Crippen LogP contribution in [0.1, 0.15) is 31.2 Å². The average molecular weight is 443 g/mol. The van der Waals surface area contributed by atoms with Gasteiger partial charge in [0.05, 0.1) is 5.54 Å². The number of carbonyl (C=O) groups is 3. The van der Waals surface area contributed by atoms with Crippen molar-refractivity contribution in [3.8, 4) is 0 Å². The summed E-state index contributed by atoms with van der Waals surface area (Å²) in [5.41, 5.74) is -0.445. The maximum Gasteiger partial charge on any atom is 0.490 e. The van der Waals surface area contributed by atoms with Crippen LogP contribution in [0.15, 0.2) is 30.3 Å². The molecule has 0 aromatic heterocycles. The number of aliphatic carboxylic acids is 1. The van der Waals surface area contributed by atoms with Crippen LogP contribution in [-0.2, 0) is 19.9 Å². The fourth-order valence-corrected chi connectivity index (χ4v) is 4.50. The van der Waals surface area contributed by atoms with Crippen molar-refractivity contribution in [1.82, 2.24) is 15.1 Å². The Labute approximate surface area is 176 Å². The smallest absolute Gasteiger partial charge is 0.480 e. The van der Waals surface area contributed by atoms with Gasteiger partial charge in [0.2, 0.25) is 0 Å². The van der Waals surface area contributed by atoms with Gasteiger partial charge in [0, 0.05) is 12.1 Å². The molecule has 2 aliphatic rings. The fraction of sp³-hybridized carbons (Fsp3) is 0.550. The summed E-state index contributed by atoms with van der Waals surface area (Å²) in [6.45, 7) is -0.696. The van der Waals surface area contributed by atoms with Crippen molar-refractivity contribution in [3.63, 3.8) is 0 Å². The van der Waals surface area contributed by atoms with Gasteiger partial charge in [-0.2, -0.15) is 13.2 Å². The number of hydrogen-bond donors (Lipinski definition) is 2. The highest BCUT2D eigenvalue weighted by Crippen LogP contribution is 2.46. The monoisotopic (exact) mass is 443 g/mol. The SMILES string of the molecule is CN(COC(=O)C(F)(F)F)[C@]1(c2ccccc2)CC[C@]2(CC1)CN(CC(=O)O)C(=O)N2. The Bertz CT molecular complexity index is 838. The highest BCUT2D eigenvalue weighted by molar-refractivity contribution is 5.82. The van der Waals surface area contributed by atoms with E-state index in [9.17, 15) is 27.6 Å². The zero-order valence-corrected chi connectivity index (χ0v) is 16.9. The second-order valence-electron chi connectivity index (χ2n) is 8.11. The molecular weight excluding hydrogens is 419 g/mol. The van der Waals surface area contributed by atoms with Gasteiger partial charge in [0.15, 0.2) is 0 Å². The minimum absolute atomic E-state index is 0.246. The number of rotatable bonds is 6. The van der Waals surface area contributed by atoms with Crippen molar-refractivity contribution in [1.29, 1.82) is 0 Å². The number of esters is 1. The Kier molecular flexibility index (Phi) is 6.17. The molecule has 0 bridgehead atoms. The quantitative estimate of drug-likeness (QED) is 0.517. The third kappa shape index (κ3) is 4.76. The molecule has 2 fully saturated rings. The average Bonchev–Trinajstić information content (AvgIpc) is 3.00. The molecule has 1 aliphatic carbocycles. The van der Waals surface area contributed by atoms with Crippen LogP contribution < -0.4 is 5.32 Å². The normalized spacial score (nSPS) is 26.2. The first-order chi connectivity index (χ1) is 14.5. The predicted molar refractivity (Wildman–Crippen MR) is 102 cm³/mol. The molecule has 2 amide bonds. The lowest BCUT2D eigenvalue weighted by atomic mass is 9.69. The van der Waals surface area contributed by atoms with Crippen LogP contribution in [0.2, 0.25) is 0 Å². The molecule has 0 radical (unpaired) electrons. The van der Waals surface area contributed by atoms with Gasteiger partial charge >= 0.3 is 24.1 Å². The number of halogens is 3. The van der Waals surface area contributed by atoms with Gasteiger partial charge in [-0.15, -0.1) is 0 Å². The molecule has 1 aliphatic heterocycles. The molecule has 1 saturated heterocycles. The van der Waals surface area contributed by atoms with Gasteiger partial charge in [-0.3, -0.25) is 9.69 Å². The van der Waals surface area contributed by atoms with Crippen LogP contribution in [-0.4, -0.2) is 71.5 Å². The van der Waals surface area contributed by atoms with Crippen molar-refractivity contribution in [2.75, 3.05) is 26.9 Å². The van der Waals surface area contributed by atoms with Crippen molar-refractivity contribution < 1.29 is 37.4 Å². The summed E-state index contributed by atoms with van der Waals surface area (Å²) in [4.78, 5) is 37.2. The lowest BCUT2D eigenvalue weighted by Gasteiger charge is -2.49. The second kappa shape index (κ2) is 8.37. The van der Waals surface area contributed by atoms with Crippen molar-refractivity contribution in [2.24, 2.45) is 0 Å². The molecule has 8 nitrogen and oxygen atoms in total. The first-order valence-electron chi connectivity index (χ1n) is 9.77. The number of nitrogens with zero attached hydrogens (tertiary/aromatic N) is 2. The maximum absolute atomic E-state index is 12.5. The van der Waals surface area contributed by atoms with Gasteiger partial charge < -0.3 is 20.1 Å². The molecule has 1 saturated carbocycles. The number of urea groups is 1. The number of carbonyl (C=O) groups excluding carboxylic acids is 2. The minimum Gasteiger partial charge on any atom is -0.480 e. The second-order valence-corrected chi connectivity index (χ2v) is 8.11. The number of benzene rings is 1. The predicted octanol–water partition coefficient (Wildman–Crippen LogP) is 2.30. The summed E-state index contributed by atoms with van der Waals surface area (Å²) < 4.78 is 42.1. The summed E-state index contributed by atoms with van der Waals surface area (Å²) in [5.74, 6) is -3.35. The molecule has 0 unspecified atom stereocenters. The molecule has 31 heavy (non-hydrogen) atoms. The molecular formula is C20H24F3N3O5. The molecule has 3 rings (SSSR count). The molecule has 1 heterocycles. The Balaban J connectivity index is 1.77. The van der Waals surface area contributed by atoms with Crippen LogP contribution in [0.3, 0.4) is 0 Å². The minimum atomic E-state index is -5.07. The van der Waals surface area contributed by atoms with Crippen LogP contribution >= 0.6 is 0 Å². The molecule has 1 aromatic rings. The van der Waals surface area contributed by atoms with Crippen molar-refractivity contribution >= 4 is 18.0 Å². The largest absolute Gasteiger partial charge is 0.490 e. The van der Waals surface area contributed by atoms with Gasteiger partial charge in [0.1, 0.15) is 13.3 Å². The first kappa shape index (κ1) is 22.9. The van der Waals surface area contributed by atoms with Gasteiger partial charge in [-0.05, 0) is 38.3 Å². The number of amides is 2. The summed E-state index contributed by atoms with van der Waals surface area (Å²) in [6.07, 6.45) is -3.15. The third-order valence-electron chi connectivity index (χ3n) is 6.18. The number of nitrogens with one attached hydrogen (secondary N) is 1. The summed E-state index contributed by atoms with van der Waals surface area (Å²) >= 11 is 0. The van der Waals surface area contributed by atoms with Crippen molar-refractivity contribution in [3.05, 3.63) is 35.9 Å². The summed E-state index contributed by atoms with van der Waals surface area (Å²) in [5, 5.41) is 11.9. The third-order valence-corrected chi connectivity index (χ3v) is 6.18. The van der Waals surface area contributed by atoms with E-state index >= 15 is 0 Å². The van der Waals surface area contributed by atoms with Gasteiger partial charge in [-0.1, -0.05) is 30.3 Å². The Morgan fingerprint density at radius 3 is 2.35 bits per heavy atom. The van der Waals surface area contributed by atoms with E-state index in [1.807, 2.05) is 30.3 Å². The number of alkyl halides is 3. The van der Waals surface area contributed by atoms with E-state index in [-0.39, 0.29) is 6.54 Å². The zero-order valence-electron chi connectivity index (χ0n) is 16.9. The summed E-state index contributed by atoms with van der Waals surface area (Å²) in [7, 11) is 1.60. The van der Waals surface area contributed by atoms with Gasteiger partial charge in [0.25, 0.3) is 0 Å². The zero-order chi connectivity index (χ0) is 22.9.